The van der Waals surface area contributed by atoms with Crippen molar-refractivity contribution in [3.05, 3.63) is 65.7 Å². The molecule has 190 valence electrons. The van der Waals surface area contributed by atoms with Crippen molar-refractivity contribution in [2.24, 2.45) is 0 Å². The second-order valence-corrected chi connectivity index (χ2v) is 10.8. The maximum atomic E-state index is 13.1. The smallest absolute Gasteiger partial charge is 0.322 e. The van der Waals surface area contributed by atoms with E-state index in [1.54, 1.807) is 23.2 Å². The van der Waals surface area contributed by atoms with Crippen LogP contribution in [-0.4, -0.2) is 56.2 Å². The quantitative estimate of drug-likeness (QED) is 0.313. The number of nitrogens with zero attached hydrogens (tertiary/aromatic N) is 3. The van der Waals surface area contributed by atoms with Crippen LogP contribution in [0.25, 0.3) is 0 Å². The number of piperidine rings is 1. The van der Waals surface area contributed by atoms with Crippen LogP contribution in [0.3, 0.4) is 0 Å². The van der Waals surface area contributed by atoms with Gasteiger partial charge in [-0.05, 0) is 60.7 Å². The number of hydrogen-bond acceptors (Lipinski definition) is 9. The molecule has 0 bridgehead atoms. The number of fused-ring (bicyclic) bond motifs is 2. The number of benzene rings is 2. The molecular formula is C25H27N4O5S2-. The normalized spacial score (nSPS) is 21.6. The number of rotatable bonds is 3. The molecule has 3 aliphatic rings. The number of anilines is 2. The molecule has 36 heavy (non-hydrogen) atoms. The zero-order chi connectivity index (χ0) is 25.3. The Morgan fingerprint density at radius 3 is 2.44 bits per heavy atom. The highest BCUT2D eigenvalue weighted by Gasteiger charge is 2.52. The maximum absolute atomic E-state index is 13.1. The van der Waals surface area contributed by atoms with Crippen molar-refractivity contribution in [2.45, 2.75) is 35.6 Å². The summed E-state index contributed by atoms with van der Waals surface area (Å²) in [6, 6.07) is 13.7. The number of para-hydroxylation sites is 1. The first-order chi connectivity index (χ1) is 17.4. The number of carbonyl (C=O) groups excluding carboxylic acids is 2. The van der Waals surface area contributed by atoms with Crippen LogP contribution in [0.2, 0.25) is 0 Å². The Morgan fingerprint density at radius 2 is 1.83 bits per heavy atom. The minimum atomic E-state index is -2.28. The lowest BCUT2D eigenvalue weighted by atomic mass is 9.73. The molecule has 9 nitrogen and oxygen atoms in total. The van der Waals surface area contributed by atoms with Crippen molar-refractivity contribution in [3.63, 3.8) is 0 Å². The summed E-state index contributed by atoms with van der Waals surface area (Å²) in [5.41, 5.74) is 6.26. The number of nitrogen functional groups attached to an aromatic ring is 1. The molecule has 3 aliphatic heterocycles. The third-order valence-electron chi connectivity index (χ3n) is 7.06. The lowest BCUT2D eigenvalue weighted by molar-refractivity contribution is -0.140. The molecule has 0 saturated carbocycles. The van der Waals surface area contributed by atoms with Crippen LogP contribution >= 0.6 is 11.3 Å². The van der Waals surface area contributed by atoms with E-state index in [2.05, 4.69) is 9.88 Å². The van der Waals surface area contributed by atoms with Crippen molar-refractivity contribution in [1.82, 2.24) is 9.88 Å². The first kappa shape index (κ1) is 24.6. The van der Waals surface area contributed by atoms with Crippen molar-refractivity contribution >= 4 is 45.1 Å². The highest BCUT2D eigenvalue weighted by Crippen LogP contribution is 2.46. The van der Waals surface area contributed by atoms with Gasteiger partial charge in [-0.3, -0.25) is 18.7 Å². The summed E-state index contributed by atoms with van der Waals surface area (Å²) in [4.78, 5) is 33.5. The summed E-state index contributed by atoms with van der Waals surface area (Å²) < 4.78 is 27.6. The molecule has 4 heterocycles. The Morgan fingerprint density at radius 1 is 1.11 bits per heavy atom. The van der Waals surface area contributed by atoms with Gasteiger partial charge in [-0.25, -0.2) is 4.98 Å². The fourth-order valence-electron chi connectivity index (χ4n) is 5.18. The predicted octanol–water partition coefficient (Wildman–Crippen LogP) is 2.95. The molecule has 2 fully saturated rings. The number of nitrogens with two attached hydrogens (primary N) is 1. The minimum absolute atomic E-state index is 0. The summed E-state index contributed by atoms with van der Waals surface area (Å²) in [5, 5.41) is 2.48. The van der Waals surface area contributed by atoms with Crippen LogP contribution in [0.15, 0.2) is 65.0 Å². The Labute approximate surface area is 216 Å². The van der Waals surface area contributed by atoms with Crippen molar-refractivity contribution in [2.75, 3.05) is 30.3 Å². The van der Waals surface area contributed by atoms with Crippen LogP contribution < -0.4 is 15.4 Å². The van der Waals surface area contributed by atoms with E-state index in [1.807, 2.05) is 29.6 Å². The highest BCUT2D eigenvalue weighted by molar-refractivity contribution is 7.79. The van der Waals surface area contributed by atoms with Crippen molar-refractivity contribution in [1.29, 1.82) is 0 Å². The maximum Gasteiger partial charge on any atom is 0.322 e. The zero-order valence-corrected chi connectivity index (χ0v) is 21.0. The van der Waals surface area contributed by atoms with Gasteiger partial charge in [0.05, 0.1) is 11.5 Å². The number of thiazole rings is 1. The molecule has 2 atom stereocenters. The molecular weight excluding hydrogens is 500 g/mol. The zero-order valence-electron chi connectivity index (χ0n) is 19.4. The van der Waals surface area contributed by atoms with Crippen LogP contribution in [0.5, 0.6) is 5.75 Å². The van der Waals surface area contributed by atoms with E-state index in [4.69, 9.17) is 10.5 Å². The van der Waals surface area contributed by atoms with Crippen LogP contribution in [0, 0.1) is 0 Å². The topological polar surface area (TPSA) is 129 Å². The number of esters is 1. The van der Waals surface area contributed by atoms with Gasteiger partial charge in [-0.1, -0.05) is 18.2 Å². The number of carbonyl (C=O) groups is 2. The number of amides is 1. The molecule has 2 aromatic carbocycles. The molecule has 0 radical (unpaired) electrons. The lowest BCUT2D eigenvalue weighted by Crippen LogP contribution is -2.51. The lowest BCUT2D eigenvalue weighted by Gasteiger charge is -2.39. The molecule has 2 N–H and O–H groups in total. The molecule has 3 aromatic rings. The van der Waals surface area contributed by atoms with E-state index in [0.29, 0.717) is 55.5 Å². The van der Waals surface area contributed by atoms with Gasteiger partial charge in [0, 0.05) is 48.8 Å². The largest absolute Gasteiger partial charge is 0.768 e. The van der Waals surface area contributed by atoms with E-state index in [0.717, 1.165) is 5.56 Å². The Hall–Kier alpha value is -3.12. The summed E-state index contributed by atoms with van der Waals surface area (Å²) in [6.45, 7) is 1.90. The van der Waals surface area contributed by atoms with Gasteiger partial charge in [0.2, 0.25) is 5.91 Å². The van der Waals surface area contributed by atoms with E-state index < -0.39 is 16.5 Å². The summed E-state index contributed by atoms with van der Waals surface area (Å²) in [7, 11) is 0. The second kappa shape index (κ2) is 10.1. The molecule has 11 heteroatoms. The number of ether oxygens (including phenoxy) is 1. The Kier molecular flexibility index (Phi) is 6.89. The van der Waals surface area contributed by atoms with E-state index in [9.17, 15) is 18.4 Å². The number of hydrogen-bond donors (Lipinski definition) is 1. The first-order valence-electron chi connectivity index (χ1n) is 11.6. The van der Waals surface area contributed by atoms with Gasteiger partial charge in [-0.2, -0.15) is 0 Å². The number of likely N-dealkylation sites (tertiary alicyclic amines) is 1. The van der Waals surface area contributed by atoms with Gasteiger partial charge >= 0.3 is 5.97 Å². The third kappa shape index (κ3) is 4.55. The average Bonchev–Trinajstić information content (AvgIpc) is 3.59. The summed E-state index contributed by atoms with van der Waals surface area (Å²) in [5.74, 6) is 0.497. The fourth-order valence-corrected chi connectivity index (χ4v) is 5.92. The van der Waals surface area contributed by atoms with E-state index >= 15 is 0 Å². The number of aromatic nitrogens is 1. The fraction of sp³-hybridized carbons (Fsp3) is 0.320. The van der Waals surface area contributed by atoms with Crippen LogP contribution in [0.1, 0.15) is 26.3 Å². The molecule has 1 unspecified atom stereocenters. The van der Waals surface area contributed by atoms with Gasteiger partial charge in [-0.15, -0.1) is 11.3 Å². The van der Waals surface area contributed by atoms with E-state index in [1.165, 1.54) is 23.5 Å². The second-order valence-electron chi connectivity index (χ2n) is 8.90. The SMILES string of the molecule is Nc1nccs1.O=C1[C@@H](N2CCC3(CC2)C(=O)Oc2ccccc23)CCN1c1ccc(S(=O)[O-])cc1.[HH]. The van der Waals surface area contributed by atoms with Crippen LogP contribution in [-0.2, 0) is 26.1 Å². The van der Waals surface area contributed by atoms with Crippen LogP contribution in [0.4, 0.5) is 10.8 Å². The molecule has 6 rings (SSSR count). The van der Waals surface area contributed by atoms with Gasteiger partial charge < -0.3 is 19.9 Å². The minimum Gasteiger partial charge on any atom is -0.768 e. The van der Waals surface area contributed by atoms with Crippen molar-refractivity contribution in [3.8, 4) is 5.75 Å². The summed E-state index contributed by atoms with van der Waals surface area (Å²) in [6.07, 6.45) is 3.66. The molecule has 1 amide bonds. The third-order valence-corrected chi connectivity index (χ3v) is 8.32. The summed E-state index contributed by atoms with van der Waals surface area (Å²) >= 11 is -0.836. The molecule has 2 saturated heterocycles. The van der Waals surface area contributed by atoms with Gasteiger partial charge in [0.1, 0.15) is 5.75 Å². The molecule has 0 aliphatic carbocycles. The Bertz CT molecular complexity index is 1280. The predicted molar refractivity (Wildman–Crippen MR) is 138 cm³/mol. The van der Waals surface area contributed by atoms with E-state index in [-0.39, 0.29) is 24.2 Å². The van der Waals surface area contributed by atoms with Crippen molar-refractivity contribution < 1.29 is 24.5 Å². The first-order valence-corrected chi connectivity index (χ1v) is 13.6. The van der Waals surface area contributed by atoms with Gasteiger partial charge in [0.25, 0.3) is 0 Å². The monoisotopic (exact) mass is 527 g/mol. The average molecular weight is 528 g/mol. The standard InChI is InChI=1S/C22H22N2O5S.C3H4N2S.H2/c25-20-18(9-12-24(20)15-5-7-16(8-6-15)30(27)28)23-13-10-22(11-14-23)17-3-1-2-4-19(17)29-21(22)26;4-3-5-1-2-6-3;/h1-8,18H,9-14H2,(H,27,28);1-2H,(H2,4,5);1H/p-1/t18-;;/m0../s1. The highest BCUT2D eigenvalue weighted by atomic mass is 32.2. The molecule has 1 aromatic heterocycles. The Balaban J connectivity index is 0.000000404. The molecule has 1 spiro atoms. The van der Waals surface area contributed by atoms with Gasteiger partial charge in [0.15, 0.2) is 5.13 Å².